The molecular weight excluding hydrogens is 247 g/mol. The zero-order valence-corrected chi connectivity index (χ0v) is 8.11. The number of halogens is 4. The van der Waals surface area contributed by atoms with Crippen LogP contribution < -0.4 is 5.73 Å². The average molecular weight is 254 g/mol. The molecule has 0 aliphatic heterocycles. The Kier molecular flexibility index (Phi) is 2.98. The molecule has 0 aromatic heterocycles. The number of rotatable bonds is 1. The third-order valence-corrected chi connectivity index (χ3v) is 2.26. The van der Waals surface area contributed by atoms with Crippen molar-refractivity contribution in [3.8, 4) is 0 Å². The molecule has 0 heterocycles. The van der Waals surface area contributed by atoms with Gasteiger partial charge in [-0.15, -0.1) is 0 Å². The molecule has 1 aromatic carbocycles. The van der Waals surface area contributed by atoms with Gasteiger partial charge in [0, 0.05) is 11.0 Å². The van der Waals surface area contributed by atoms with Crippen molar-refractivity contribution in [2.45, 2.75) is 12.7 Å². The summed E-state index contributed by atoms with van der Waals surface area (Å²) in [5, 5.41) is 0. The molecular formula is C8H7BrF3N. The van der Waals surface area contributed by atoms with Crippen molar-refractivity contribution in [1.29, 1.82) is 0 Å². The van der Waals surface area contributed by atoms with Crippen LogP contribution in [0.1, 0.15) is 11.1 Å². The number of alkyl halides is 3. The topological polar surface area (TPSA) is 26.0 Å². The van der Waals surface area contributed by atoms with E-state index in [1.165, 1.54) is 6.07 Å². The Morgan fingerprint density at radius 1 is 1.31 bits per heavy atom. The van der Waals surface area contributed by atoms with Gasteiger partial charge in [0.05, 0.1) is 5.56 Å². The van der Waals surface area contributed by atoms with E-state index in [0.717, 1.165) is 6.07 Å². The third kappa shape index (κ3) is 2.45. The summed E-state index contributed by atoms with van der Waals surface area (Å²) in [4.78, 5) is 0. The Hall–Kier alpha value is -0.550. The number of hydrogen-bond donors (Lipinski definition) is 1. The van der Waals surface area contributed by atoms with E-state index in [-0.39, 0.29) is 11.0 Å². The van der Waals surface area contributed by atoms with Gasteiger partial charge in [-0.25, -0.2) is 0 Å². The van der Waals surface area contributed by atoms with E-state index in [2.05, 4.69) is 15.9 Å². The summed E-state index contributed by atoms with van der Waals surface area (Å²) in [5.74, 6) is 0. The Morgan fingerprint density at radius 3 is 2.38 bits per heavy atom. The molecule has 1 nitrogen and oxygen atoms in total. The van der Waals surface area contributed by atoms with Gasteiger partial charge >= 0.3 is 6.18 Å². The van der Waals surface area contributed by atoms with Gasteiger partial charge in [-0.05, 0) is 17.7 Å². The summed E-state index contributed by atoms with van der Waals surface area (Å²) in [6, 6.07) is 3.95. The molecule has 0 radical (unpaired) electrons. The maximum atomic E-state index is 12.3. The molecule has 0 saturated heterocycles. The monoisotopic (exact) mass is 253 g/mol. The Balaban J connectivity index is 3.19. The van der Waals surface area contributed by atoms with Gasteiger partial charge in [0.25, 0.3) is 0 Å². The highest BCUT2D eigenvalue weighted by molar-refractivity contribution is 9.10. The van der Waals surface area contributed by atoms with E-state index in [4.69, 9.17) is 5.73 Å². The molecule has 0 amide bonds. The lowest BCUT2D eigenvalue weighted by Crippen LogP contribution is -2.07. The molecule has 0 aliphatic carbocycles. The highest BCUT2D eigenvalue weighted by Gasteiger charge is 2.32. The Morgan fingerprint density at radius 2 is 1.92 bits per heavy atom. The molecule has 0 aliphatic rings. The predicted octanol–water partition coefficient (Wildman–Crippen LogP) is 2.93. The normalized spacial score (nSPS) is 11.8. The number of hydrogen-bond acceptors (Lipinski definition) is 1. The summed E-state index contributed by atoms with van der Waals surface area (Å²) in [6.07, 6.45) is -4.33. The summed E-state index contributed by atoms with van der Waals surface area (Å²) in [6.45, 7) is 0.107. The minimum Gasteiger partial charge on any atom is -0.326 e. The van der Waals surface area contributed by atoms with Crippen molar-refractivity contribution in [1.82, 2.24) is 0 Å². The quantitative estimate of drug-likeness (QED) is 0.819. The molecule has 1 rings (SSSR count). The second-order valence-corrected chi connectivity index (χ2v) is 3.37. The van der Waals surface area contributed by atoms with E-state index in [0.29, 0.717) is 5.56 Å². The fourth-order valence-electron chi connectivity index (χ4n) is 0.917. The van der Waals surface area contributed by atoms with Crippen LogP contribution in [0.4, 0.5) is 13.2 Å². The van der Waals surface area contributed by atoms with Crippen LogP contribution in [0.25, 0.3) is 0 Å². The van der Waals surface area contributed by atoms with Crippen LogP contribution in [-0.2, 0) is 12.7 Å². The van der Waals surface area contributed by atoms with Gasteiger partial charge in [-0.2, -0.15) is 13.2 Å². The van der Waals surface area contributed by atoms with Crippen LogP contribution in [-0.4, -0.2) is 0 Å². The van der Waals surface area contributed by atoms with Gasteiger partial charge in [-0.3, -0.25) is 0 Å². The molecule has 0 spiro atoms. The van der Waals surface area contributed by atoms with Crippen molar-refractivity contribution in [3.63, 3.8) is 0 Å². The van der Waals surface area contributed by atoms with Gasteiger partial charge in [0.15, 0.2) is 0 Å². The van der Waals surface area contributed by atoms with Crippen LogP contribution >= 0.6 is 15.9 Å². The second-order valence-electron chi connectivity index (χ2n) is 2.52. The SMILES string of the molecule is NCc1ccc(Br)c(C(F)(F)F)c1. The van der Waals surface area contributed by atoms with E-state index in [1.807, 2.05) is 0 Å². The van der Waals surface area contributed by atoms with Crippen LogP contribution in [0.2, 0.25) is 0 Å². The van der Waals surface area contributed by atoms with Crippen molar-refractivity contribution >= 4 is 15.9 Å². The lowest BCUT2D eigenvalue weighted by molar-refractivity contribution is -0.138. The summed E-state index contributed by atoms with van der Waals surface area (Å²) >= 11 is 2.83. The first-order valence-corrected chi connectivity index (χ1v) is 4.30. The largest absolute Gasteiger partial charge is 0.417 e. The summed E-state index contributed by atoms with van der Waals surface area (Å²) in [5.41, 5.74) is 5.01. The molecule has 0 saturated carbocycles. The third-order valence-electron chi connectivity index (χ3n) is 1.57. The standard InChI is InChI=1S/C8H7BrF3N/c9-7-2-1-5(4-13)3-6(7)8(10,11)12/h1-3H,4,13H2. The summed E-state index contributed by atoms with van der Waals surface area (Å²) < 4.78 is 36.9. The molecule has 13 heavy (non-hydrogen) atoms. The van der Waals surface area contributed by atoms with Crippen molar-refractivity contribution in [2.75, 3.05) is 0 Å². The van der Waals surface area contributed by atoms with E-state index < -0.39 is 11.7 Å². The molecule has 72 valence electrons. The average Bonchev–Trinajstić information content (AvgIpc) is 2.03. The molecule has 0 unspecified atom stereocenters. The van der Waals surface area contributed by atoms with Gasteiger partial charge in [-0.1, -0.05) is 22.0 Å². The molecule has 0 bridgehead atoms. The smallest absolute Gasteiger partial charge is 0.326 e. The molecule has 2 N–H and O–H groups in total. The number of nitrogens with two attached hydrogens (primary N) is 1. The maximum absolute atomic E-state index is 12.3. The fourth-order valence-corrected chi connectivity index (χ4v) is 1.39. The minimum atomic E-state index is -4.33. The number of benzene rings is 1. The van der Waals surface area contributed by atoms with Crippen LogP contribution in [0.5, 0.6) is 0 Å². The van der Waals surface area contributed by atoms with E-state index in [9.17, 15) is 13.2 Å². The van der Waals surface area contributed by atoms with Gasteiger partial charge in [0.1, 0.15) is 0 Å². The lowest BCUT2D eigenvalue weighted by Gasteiger charge is -2.09. The first kappa shape index (κ1) is 10.5. The maximum Gasteiger partial charge on any atom is 0.417 e. The van der Waals surface area contributed by atoms with Crippen molar-refractivity contribution < 1.29 is 13.2 Å². The van der Waals surface area contributed by atoms with Crippen LogP contribution in [0.3, 0.4) is 0 Å². The minimum absolute atomic E-state index is 0.0391. The van der Waals surface area contributed by atoms with Crippen LogP contribution in [0.15, 0.2) is 22.7 Å². The highest BCUT2D eigenvalue weighted by atomic mass is 79.9. The first-order valence-electron chi connectivity index (χ1n) is 3.51. The van der Waals surface area contributed by atoms with E-state index in [1.54, 1.807) is 6.07 Å². The zero-order valence-electron chi connectivity index (χ0n) is 6.53. The predicted molar refractivity (Wildman–Crippen MR) is 47.0 cm³/mol. The molecule has 1 aromatic rings. The van der Waals surface area contributed by atoms with Crippen LogP contribution in [0, 0.1) is 0 Å². The molecule has 0 fully saturated rings. The van der Waals surface area contributed by atoms with Crippen molar-refractivity contribution in [2.24, 2.45) is 5.73 Å². The first-order chi connectivity index (χ1) is 5.95. The Bertz CT molecular complexity index is 309. The fraction of sp³-hybridized carbons (Fsp3) is 0.250. The zero-order chi connectivity index (χ0) is 10.1. The lowest BCUT2D eigenvalue weighted by atomic mass is 10.1. The highest BCUT2D eigenvalue weighted by Crippen LogP contribution is 2.35. The summed E-state index contributed by atoms with van der Waals surface area (Å²) in [7, 11) is 0. The second kappa shape index (κ2) is 3.67. The molecule has 5 heteroatoms. The van der Waals surface area contributed by atoms with E-state index >= 15 is 0 Å². The molecule has 0 atom stereocenters. The Labute approximate surface area is 81.9 Å². The van der Waals surface area contributed by atoms with Gasteiger partial charge in [0.2, 0.25) is 0 Å². The van der Waals surface area contributed by atoms with Crippen molar-refractivity contribution in [3.05, 3.63) is 33.8 Å². The van der Waals surface area contributed by atoms with Gasteiger partial charge < -0.3 is 5.73 Å².